The molecule has 0 aliphatic carbocycles. The monoisotopic (exact) mass is 441 g/mol. The summed E-state index contributed by atoms with van der Waals surface area (Å²) >= 11 is 0. The summed E-state index contributed by atoms with van der Waals surface area (Å²) in [6.45, 7) is 4.89. The van der Waals surface area contributed by atoms with Crippen LogP contribution in [-0.4, -0.2) is 68.0 Å². The van der Waals surface area contributed by atoms with Gasteiger partial charge in [0.05, 0.1) is 12.0 Å². The van der Waals surface area contributed by atoms with E-state index in [9.17, 15) is 19.7 Å². The molecule has 32 heavy (non-hydrogen) atoms. The van der Waals surface area contributed by atoms with E-state index in [1.165, 1.54) is 30.0 Å². The summed E-state index contributed by atoms with van der Waals surface area (Å²) in [5.41, 5.74) is 1.22. The number of nitro groups is 1. The quantitative estimate of drug-likeness (QED) is 0.278. The number of nitrogens with one attached hydrogen (secondary N) is 2. The van der Waals surface area contributed by atoms with Crippen molar-refractivity contribution in [3.05, 3.63) is 58.6 Å². The van der Waals surface area contributed by atoms with Gasteiger partial charge in [0.2, 0.25) is 0 Å². The van der Waals surface area contributed by atoms with Crippen molar-refractivity contribution in [2.24, 2.45) is 0 Å². The molecule has 0 spiro atoms. The number of amides is 2. The Balaban J connectivity index is 1.33. The summed E-state index contributed by atoms with van der Waals surface area (Å²) in [6, 6.07) is 13.5. The molecule has 1 saturated heterocycles. The Morgan fingerprint density at radius 3 is 2.44 bits per heavy atom. The van der Waals surface area contributed by atoms with Gasteiger partial charge in [0.1, 0.15) is 5.75 Å². The van der Waals surface area contributed by atoms with E-state index in [1.54, 1.807) is 7.11 Å². The average Bonchev–Trinajstić information content (AvgIpc) is 2.82. The lowest BCUT2D eigenvalue weighted by Gasteiger charge is -2.36. The number of piperazine rings is 1. The molecule has 0 bridgehead atoms. The fourth-order valence-electron chi connectivity index (χ4n) is 3.49. The van der Waals surface area contributed by atoms with Crippen LogP contribution in [-0.2, 0) is 9.59 Å². The lowest BCUT2D eigenvalue weighted by atomic mass is 10.2. The van der Waals surface area contributed by atoms with Crippen molar-refractivity contribution in [3.8, 4) is 5.75 Å². The minimum absolute atomic E-state index is 0.157. The maximum absolute atomic E-state index is 12.0. The second kappa shape index (κ2) is 11.1. The number of non-ortho nitro benzene ring substituents is 1. The Morgan fingerprint density at radius 2 is 1.78 bits per heavy atom. The van der Waals surface area contributed by atoms with Gasteiger partial charge in [-0.1, -0.05) is 6.07 Å². The second-order valence-electron chi connectivity index (χ2n) is 7.40. The van der Waals surface area contributed by atoms with Crippen molar-refractivity contribution in [2.45, 2.75) is 6.42 Å². The molecule has 0 saturated carbocycles. The largest absolute Gasteiger partial charge is 0.497 e. The molecular formula is C22H27N5O5. The molecule has 10 nitrogen and oxygen atoms in total. The maximum Gasteiger partial charge on any atom is 0.313 e. The summed E-state index contributed by atoms with van der Waals surface area (Å²) in [5.74, 6) is -0.771. The number of hydrogen-bond acceptors (Lipinski definition) is 7. The predicted octanol–water partition coefficient (Wildman–Crippen LogP) is 1.87. The Bertz CT molecular complexity index is 942. The van der Waals surface area contributed by atoms with Crippen molar-refractivity contribution in [2.75, 3.05) is 56.6 Å². The van der Waals surface area contributed by atoms with Crippen LogP contribution in [0.3, 0.4) is 0 Å². The Hall–Kier alpha value is -3.66. The molecule has 10 heteroatoms. The van der Waals surface area contributed by atoms with E-state index >= 15 is 0 Å². The highest BCUT2D eigenvalue weighted by molar-refractivity contribution is 6.39. The highest BCUT2D eigenvalue weighted by Gasteiger charge is 2.18. The van der Waals surface area contributed by atoms with E-state index < -0.39 is 16.7 Å². The summed E-state index contributed by atoms with van der Waals surface area (Å²) in [5, 5.41) is 15.8. The van der Waals surface area contributed by atoms with Crippen LogP contribution in [0.1, 0.15) is 6.42 Å². The van der Waals surface area contributed by atoms with E-state index in [0.29, 0.717) is 6.54 Å². The number of rotatable bonds is 8. The third-order valence-corrected chi connectivity index (χ3v) is 5.27. The number of methoxy groups -OCH3 is 1. The molecule has 0 radical (unpaired) electrons. The van der Waals surface area contributed by atoms with E-state index in [1.807, 2.05) is 12.1 Å². The lowest BCUT2D eigenvalue weighted by molar-refractivity contribution is -0.384. The summed E-state index contributed by atoms with van der Waals surface area (Å²) in [6.07, 6.45) is 0.721. The van der Waals surface area contributed by atoms with Crippen molar-refractivity contribution < 1.29 is 19.2 Å². The topological polar surface area (TPSA) is 117 Å². The molecule has 2 amide bonds. The molecule has 1 heterocycles. The molecule has 2 aromatic carbocycles. The van der Waals surface area contributed by atoms with Gasteiger partial charge >= 0.3 is 11.8 Å². The van der Waals surface area contributed by atoms with Crippen molar-refractivity contribution in [1.29, 1.82) is 0 Å². The first-order valence-corrected chi connectivity index (χ1v) is 10.4. The van der Waals surface area contributed by atoms with Gasteiger partial charge in [-0.3, -0.25) is 24.6 Å². The number of carbonyl (C=O) groups is 2. The van der Waals surface area contributed by atoms with Crippen LogP contribution < -0.4 is 20.3 Å². The van der Waals surface area contributed by atoms with Gasteiger partial charge in [-0.15, -0.1) is 0 Å². The van der Waals surface area contributed by atoms with Gasteiger partial charge in [0.25, 0.3) is 5.69 Å². The third-order valence-electron chi connectivity index (χ3n) is 5.27. The van der Waals surface area contributed by atoms with Gasteiger partial charge < -0.3 is 20.3 Å². The summed E-state index contributed by atoms with van der Waals surface area (Å²) in [4.78, 5) is 38.8. The standard InChI is InChI=1S/C22H27N5O5/c1-32-20-8-6-18(7-9-20)26-14-12-25(13-15-26)11-3-10-23-21(28)22(29)24-17-4-2-5-19(16-17)27(30)31/h2,4-9,16H,3,10-15H2,1H3,(H,23,28)(H,24,29). The van der Waals surface area contributed by atoms with Gasteiger partial charge in [-0.05, 0) is 43.3 Å². The molecule has 0 aromatic heterocycles. The molecular weight excluding hydrogens is 414 g/mol. The number of anilines is 2. The van der Waals surface area contributed by atoms with Gasteiger partial charge in [-0.25, -0.2) is 0 Å². The van der Waals surface area contributed by atoms with Gasteiger partial charge in [0, 0.05) is 56.2 Å². The Labute approximate surface area is 186 Å². The number of nitrogens with zero attached hydrogens (tertiary/aromatic N) is 3. The van der Waals surface area contributed by atoms with E-state index in [0.717, 1.165) is 44.9 Å². The second-order valence-corrected chi connectivity index (χ2v) is 7.40. The smallest absolute Gasteiger partial charge is 0.313 e. The fraction of sp³-hybridized carbons (Fsp3) is 0.364. The van der Waals surface area contributed by atoms with Gasteiger partial charge in [0.15, 0.2) is 0 Å². The molecule has 0 atom stereocenters. The zero-order chi connectivity index (χ0) is 22.9. The van der Waals surface area contributed by atoms with Crippen LogP contribution in [0.2, 0.25) is 0 Å². The summed E-state index contributed by atoms with van der Waals surface area (Å²) < 4.78 is 5.20. The number of hydrogen-bond donors (Lipinski definition) is 2. The molecule has 1 aliphatic rings. The van der Waals surface area contributed by atoms with Crippen LogP contribution in [0.25, 0.3) is 0 Å². The maximum atomic E-state index is 12.0. The van der Waals surface area contributed by atoms with Crippen LogP contribution >= 0.6 is 0 Å². The molecule has 1 aliphatic heterocycles. The van der Waals surface area contributed by atoms with E-state index in [-0.39, 0.29) is 11.4 Å². The normalized spacial score (nSPS) is 14.0. The summed E-state index contributed by atoms with van der Waals surface area (Å²) in [7, 11) is 1.65. The van der Waals surface area contributed by atoms with Crippen molar-refractivity contribution in [1.82, 2.24) is 10.2 Å². The van der Waals surface area contributed by atoms with E-state index in [2.05, 4.69) is 32.6 Å². The number of benzene rings is 2. The van der Waals surface area contributed by atoms with Crippen LogP contribution in [0, 0.1) is 10.1 Å². The highest BCUT2D eigenvalue weighted by Crippen LogP contribution is 2.20. The van der Waals surface area contributed by atoms with Crippen LogP contribution in [0.15, 0.2) is 48.5 Å². The minimum atomic E-state index is -0.849. The first kappa shape index (κ1) is 23.0. The molecule has 3 rings (SSSR count). The third kappa shape index (κ3) is 6.42. The molecule has 1 fully saturated rings. The van der Waals surface area contributed by atoms with Crippen molar-refractivity contribution >= 4 is 28.9 Å². The molecule has 2 aromatic rings. The van der Waals surface area contributed by atoms with E-state index in [4.69, 9.17) is 4.74 Å². The number of ether oxygens (including phenoxy) is 1. The molecule has 170 valence electrons. The highest BCUT2D eigenvalue weighted by atomic mass is 16.6. The SMILES string of the molecule is COc1ccc(N2CCN(CCCNC(=O)C(=O)Nc3cccc([N+](=O)[O-])c3)CC2)cc1. The minimum Gasteiger partial charge on any atom is -0.497 e. The number of nitro benzene ring substituents is 1. The average molecular weight is 441 g/mol. The van der Waals surface area contributed by atoms with Crippen LogP contribution in [0.5, 0.6) is 5.75 Å². The van der Waals surface area contributed by atoms with Crippen LogP contribution in [0.4, 0.5) is 17.1 Å². The zero-order valence-electron chi connectivity index (χ0n) is 18.0. The molecule has 0 unspecified atom stereocenters. The van der Waals surface area contributed by atoms with Crippen molar-refractivity contribution in [3.63, 3.8) is 0 Å². The molecule has 2 N–H and O–H groups in total. The fourth-order valence-corrected chi connectivity index (χ4v) is 3.49. The Morgan fingerprint density at radius 1 is 1.06 bits per heavy atom. The first-order chi connectivity index (χ1) is 15.5. The number of carbonyl (C=O) groups excluding carboxylic acids is 2. The first-order valence-electron chi connectivity index (χ1n) is 10.4. The lowest BCUT2D eigenvalue weighted by Crippen LogP contribution is -2.47. The Kier molecular flexibility index (Phi) is 7.98. The van der Waals surface area contributed by atoms with Gasteiger partial charge in [-0.2, -0.15) is 0 Å². The zero-order valence-corrected chi connectivity index (χ0v) is 18.0. The predicted molar refractivity (Wildman–Crippen MR) is 121 cm³/mol.